The first-order chi connectivity index (χ1) is 6.27. The highest BCUT2D eigenvalue weighted by atomic mass is 14.0. The molecule has 0 saturated carbocycles. The van der Waals surface area contributed by atoms with Crippen molar-refractivity contribution in [1.82, 2.24) is 0 Å². The number of rotatable bonds is 7. The molecule has 0 spiro atoms. The molecule has 0 aromatic carbocycles. The summed E-state index contributed by atoms with van der Waals surface area (Å²) < 4.78 is 0. The van der Waals surface area contributed by atoms with E-state index in [1.165, 1.54) is 19.3 Å². The quantitative estimate of drug-likeness (QED) is 0.306. The van der Waals surface area contributed by atoms with Crippen molar-refractivity contribution in [2.75, 3.05) is 0 Å². The van der Waals surface area contributed by atoms with Gasteiger partial charge < -0.3 is 0 Å². The van der Waals surface area contributed by atoms with Gasteiger partial charge in [-0.05, 0) is 25.2 Å². The first-order valence-corrected chi connectivity index (χ1v) is 5.20. The third-order valence-electron chi connectivity index (χ3n) is 1.86. The number of allylic oxidation sites excluding steroid dienone is 5. The standard InChI is InChI=1S/C13H22/c1-4-5-6-7-8-9-10-11-12-13(2)3/h4-6,8-9,13H,1,7,10-12H2,2-3H3/b6-5+,9-8+. The summed E-state index contributed by atoms with van der Waals surface area (Å²) in [6, 6.07) is 0. The molecule has 0 nitrogen and oxygen atoms in total. The van der Waals surface area contributed by atoms with Gasteiger partial charge in [0.1, 0.15) is 0 Å². The van der Waals surface area contributed by atoms with Crippen molar-refractivity contribution in [3.05, 3.63) is 37.0 Å². The maximum atomic E-state index is 3.62. The highest BCUT2D eigenvalue weighted by molar-refractivity contribution is 5.00. The van der Waals surface area contributed by atoms with Crippen LogP contribution in [0.3, 0.4) is 0 Å². The van der Waals surface area contributed by atoms with Gasteiger partial charge in [-0.15, -0.1) is 0 Å². The van der Waals surface area contributed by atoms with Crippen LogP contribution in [0.2, 0.25) is 0 Å². The molecule has 0 heterocycles. The first-order valence-electron chi connectivity index (χ1n) is 5.20. The van der Waals surface area contributed by atoms with Crippen molar-refractivity contribution in [3.8, 4) is 0 Å². The van der Waals surface area contributed by atoms with Crippen molar-refractivity contribution in [2.45, 2.75) is 39.5 Å². The lowest BCUT2D eigenvalue weighted by molar-refractivity contribution is 0.559. The van der Waals surface area contributed by atoms with E-state index in [-0.39, 0.29) is 0 Å². The second-order valence-corrected chi connectivity index (χ2v) is 3.70. The summed E-state index contributed by atoms with van der Waals surface area (Å²) in [7, 11) is 0. The average Bonchev–Trinajstić information content (AvgIpc) is 2.09. The van der Waals surface area contributed by atoms with E-state index in [0.717, 1.165) is 12.3 Å². The highest BCUT2D eigenvalue weighted by Crippen LogP contribution is 2.06. The van der Waals surface area contributed by atoms with Crippen molar-refractivity contribution >= 4 is 0 Å². The van der Waals surface area contributed by atoms with E-state index >= 15 is 0 Å². The Kier molecular flexibility index (Phi) is 8.75. The molecule has 0 saturated heterocycles. The van der Waals surface area contributed by atoms with Crippen molar-refractivity contribution in [2.24, 2.45) is 5.92 Å². The average molecular weight is 178 g/mol. The summed E-state index contributed by atoms with van der Waals surface area (Å²) >= 11 is 0. The first kappa shape index (κ1) is 12.2. The molecule has 0 radical (unpaired) electrons. The minimum atomic E-state index is 0.842. The van der Waals surface area contributed by atoms with Gasteiger partial charge in [0, 0.05) is 0 Å². The number of hydrogen-bond acceptors (Lipinski definition) is 0. The second kappa shape index (κ2) is 9.31. The van der Waals surface area contributed by atoms with E-state index in [1.54, 1.807) is 0 Å². The van der Waals surface area contributed by atoms with Crippen LogP contribution in [0.5, 0.6) is 0 Å². The normalized spacial score (nSPS) is 11.9. The zero-order valence-corrected chi connectivity index (χ0v) is 9.00. The summed E-state index contributed by atoms with van der Waals surface area (Å²) in [6.07, 6.45) is 15.3. The Morgan fingerprint density at radius 3 is 2.54 bits per heavy atom. The van der Waals surface area contributed by atoms with Gasteiger partial charge in [0.15, 0.2) is 0 Å². The van der Waals surface area contributed by atoms with Crippen LogP contribution in [0.4, 0.5) is 0 Å². The van der Waals surface area contributed by atoms with Crippen LogP contribution in [0.25, 0.3) is 0 Å². The molecule has 0 rings (SSSR count). The van der Waals surface area contributed by atoms with Gasteiger partial charge in [-0.3, -0.25) is 0 Å². The van der Waals surface area contributed by atoms with E-state index in [2.05, 4.69) is 38.7 Å². The Hall–Kier alpha value is -0.780. The number of hydrogen-bond donors (Lipinski definition) is 0. The summed E-state index contributed by atoms with van der Waals surface area (Å²) in [5, 5.41) is 0. The predicted molar refractivity (Wildman–Crippen MR) is 61.8 cm³/mol. The Balaban J connectivity index is 3.21. The lowest BCUT2D eigenvalue weighted by Crippen LogP contribution is -1.84. The van der Waals surface area contributed by atoms with Gasteiger partial charge in [-0.25, -0.2) is 0 Å². The third-order valence-corrected chi connectivity index (χ3v) is 1.86. The van der Waals surface area contributed by atoms with Crippen LogP contribution in [0.1, 0.15) is 39.5 Å². The summed E-state index contributed by atoms with van der Waals surface area (Å²) in [5.41, 5.74) is 0. The van der Waals surface area contributed by atoms with E-state index in [4.69, 9.17) is 0 Å². The molecule has 0 atom stereocenters. The highest BCUT2D eigenvalue weighted by Gasteiger charge is 1.90. The fourth-order valence-corrected chi connectivity index (χ4v) is 1.11. The summed E-state index contributed by atoms with van der Waals surface area (Å²) in [4.78, 5) is 0. The minimum Gasteiger partial charge on any atom is -0.0991 e. The van der Waals surface area contributed by atoms with Crippen LogP contribution in [0, 0.1) is 5.92 Å². The minimum absolute atomic E-state index is 0.842. The van der Waals surface area contributed by atoms with Crippen LogP contribution < -0.4 is 0 Å². The third kappa shape index (κ3) is 11.2. The molecule has 0 aromatic rings. The van der Waals surface area contributed by atoms with Crippen LogP contribution >= 0.6 is 0 Å². The molecule has 0 heteroatoms. The fourth-order valence-electron chi connectivity index (χ4n) is 1.11. The molecule has 74 valence electrons. The SMILES string of the molecule is C=C/C=C/C/C=C/CCCC(C)C. The molecule has 13 heavy (non-hydrogen) atoms. The van der Waals surface area contributed by atoms with Crippen molar-refractivity contribution in [3.63, 3.8) is 0 Å². The van der Waals surface area contributed by atoms with E-state index in [0.29, 0.717) is 0 Å². The molecule has 0 aliphatic carbocycles. The van der Waals surface area contributed by atoms with Gasteiger partial charge in [0.2, 0.25) is 0 Å². The predicted octanol–water partition coefficient (Wildman–Crippen LogP) is 4.50. The zero-order chi connectivity index (χ0) is 9.94. The molecule has 0 N–H and O–H groups in total. The smallest absolute Gasteiger partial charge is 0.0166 e. The van der Waals surface area contributed by atoms with Gasteiger partial charge in [0.05, 0.1) is 0 Å². The van der Waals surface area contributed by atoms with Gasteiger partial charge in [-0.1, -0.05) is 57.2 Å². The molecule has 0 amide bonds. The monoisotopic (exact) mass is 178 g/mol. The Bertz CT molecular complexity index is 161. The zero-order valence-electron chi connectivity index (χ0n) is 9.00. The molecular formula is C13H22. The lowest BCUT2D eigenvalue weighted by Gasteiger charge is -2.00. The van der Waals surface area contributed by atoms with Crippen LogP contribution in [-0.2, 0) is 0 Å². The molecule has 0 bridgehead atoms. The van der Waals surface area contributed by atoms with Crippen LogP contribution in [0.15, 0.2) is 37.0 Å². The summed E-state index contributed by atoms with van der Waals surface area (Å²) in [6.45, 7) is 8.17. The van der Waals surface area contributed by atoms with Crippen molar-refractivity contribution in [1.29, 1.82) is 0 Å². The molecule has 0 aliphatic heterocycles. The van der Waals surface area contributed by atoms with Gasteiger partial charge in [0.25, 0.3) is 0 Å². The molecule has 0 aliphatic rings. The van der Waals surface area contributed by atoms with E-state index in [9.17, 15) is 0 Å². The molecule has 0 fully saturated rings. The maximum absolute atomic E-state index is 3.62. The van der Waals surface area contributed by atoms with Crippen LogP contribution in [-0.4, -0.2) is 0 Å². The van der Waals surface area contributed by atoms with E-state index in [1.807, 2.05) is 12.2 Å². The van der Waals surface area contributed by atoms with Crippen molar-refractivity contribution < 1.29 is 0 Å². The Labute approximate surface area is 83.0 Å². The molecular weight excluding hydrogens is 156 g/mol. The topological polar surface area (TPSA) is 0 Å². The largest absolute Gasteiger partial charge is 0.0991 e. The lowest BCUT2D eigenvalue weighted by atomic mass is 10.1. The van der Waals surface area contributed by atoms with Gasteiger partial charge in [-0.2, -0.15) is 0 Å². The number of unbranched alkanes of at least 4 members (excludes halogenated alkanes) is 1. The molecule has 0 unspecified atom stereocenters. The molecule has 0 aromatic heterocycles. The fraction of sp³-hybridized carbons (Fsp3) is 0.538. The Morgan fingerprint density at radius 1 is 1.15 bits per heavy atom. The van der Waals surface area contributed by atoms with Gasteiger partial charge >= 0.3 is 0 Å². The maximum Gasteiger partial charge on any atom is -0.0166 e. The second-order valence-electron chi connectivity index (χ2n) is 3.70. The Morgan fingerprint density at radius 2 is 1.92 bits per heavy atom. The van der Waals surface area contributed by atoms with E-state index < -0.39 is 0 Å². The summed E-state index contributed by atoms with van der Waals surface area (Å²) in [5.74, 6) is 0.842.